The third kappa shape index (κ3) is 3.97. The summed E-state index contributed by atoms with van der Waals surface area (Å²) < 4.78 is 21.1. The van der Waals surface area contributed by atoms with Gasteiger partial charge in [-0.1, -0.05) is 36.4 Å². The van der Waals surface area contributed by atoms with Crippen molar-refractivity contribution < 1.29 is 18.7 Å². The minimum absolute atomic E-state index is 0.0218. The zero-order chi connectivity index (χ0) is 22.1. The van der Waals surface area contributed by atoms with Crippen molar-refractivity contribution in [2.24, 2.45) is 0 Å². The van der Waals surface area contributed by atoms with Crippen LogP contribution in [0.2, 0.25) is 0 Å². The Balaban J connectivity index is 1.41. The summed E-state index contributed by atoms with van der Waals surface area (Å²) in [6.45, 7) is 0. The van der Waals surface area contributed by atoms with E-state index < -0.39 is 5.97 Å². The van der Waals surface area contributed by atoms with Gasteiger partial charge in [-0.25, -0.2) is 9.37 Å². The van der Waals surface area contributed by atoms with Crippen LogP contribution in [-0.4, -0.2) is 31.2 Å². The molecule has 7 nitrogen and oxygen atoms in total. The second kappa shape index (κ2) is 8.27. The Labute approximate surface area is 185 Å². The molecule has 5 aromatic rings. The molecule has 0 radical (unpaired) electrons. The number of halogens is 1. The number of pyridine rings is 1. The number of nitrogens with zero attached hydrogens (tertiary/aromatic N) is 4. The van der Waals surface area contributed by atoms with Crippen molar-refractivity contribution in [3.05, 3.63) is 83.4 Å². The molecule has 3 heterocycles. The second-order valence-electron chi connectivity index (χ2n) is 7.02. The third-order valence-corrected chi connectivity index (χ3v) is 5.86. The number of hydrogen-bond acceptors (Lipinski definition) is 7. The molecular formula is C23H15FN4O3S. The van der Waals surface area contributed by atoms with E-state index in [1.807, 2.05) is 42.5 Å². The smallest absolute Gasteiger partial charge is 0.312 e. The van der Waals surface area contributed by atoms with Gasteiger partial charge in [0, 0.05) is 22.9 Å². The highest BCUT2D eigenvalue weighted by Crippen LogP contribution is 2.33. The Kier molecular flexibility index (Phi) is 5.16. The summed E-state index contributed by atoms with van der Waals surface area (Å²) in [4.78, 5) is 19.7. The van der Waals surface area contributed by atoms with Crippen LogP contribution in [-0.2, 0) is 17.6 Å². The lowest BCUT2D eigenvalue weighted by Gasteiger charge is -2.05. The lowest BCUT2D eigenvalue weighted by molar-refractivity contribution is -0.136. The number of carboxylic acids is 1. The van der Waals surface area contributed by atoms with Crippen molar-refractivity contribution in [1.82, 2.24) is 20.2 Å². The van der Waals surface area contributed by atoms with Gasteiger partial charge in [0.25, 0.3) is 0 Å². The van der Waals surface area contributed by atoms with Crippen molar-refractivity contribution in [2.45, 2.75) is 12.8 Å². The highest BCUT2D eigenvalue weighted by Gasteiger charge is 2.17. The fraction of sp³-hybridized carbons (Fsp3) is 0.0870. The van der Waals surface area contributed by atoms with Gasteiger partial charge < -0.3 is 9.52 Å². The van der Waals surface area contributed by atoms with Crippen LogP contribution in [0.1, 0.15) is 16.8 Å². The van der Waals surface area contributed by atoms with Crippen LogP contribution in [0.25, 0.3) is 32.6 Å². The van der Waals surface area contributed by atoms with Gasteiger partial charge in [-0.15, -0.1) is 21.5 Å². The van der Waals surface area contributed by atoms with E-state index in [0.717, 1.165) is 11.3 Å². The zero-order valence-electron chi connectivity index (χ0n) is 16.5. The number of hydrogen-bond donors (Lipinski definition) is 1. The van der Waals surface area contributed by atoms with Crippen molar-refractivity contribution in [3.63, 3.8) is 0 Å². The molecule has 0 amide bonds. The number of carboxylic acid groups (broad SMARTS) is 1. The predicted molar refractivity (Wildman–Crippen MR) is 117 cm³/mol. The molecule has 0 spiro atoms. The molecule has 0 unspecified atom stereocenters. The quantitative estimate of drug-likeness (QED) is 0.401. The molecule has 0 bridgehead atoms. The van der Waals surface area contributed by atoms with Crippen molar-refractivity contribution in [3.8, 4) is 22.4 Å². The molecule has 2 aromatic carbocycles. The van der Waals surface area contributed by atoms with Crippen LogP contribution in [0, 0.1) is 5.82 Å². The maximum Gasteiger partial charge on any atom is 0.312 e. The Hall–Kier alpha value is -3.98. The third-order valence-electron chi connectivity index (χ3n) is 4.80. The number of aromatic nitrogens is 4. The number of aliphatic carboxylic acids is 1. The number of rotatable bonds is 6. The van der Waals surface area contributed by atoms with E-state index in [1.54, 1.807) is 18.3 Å². The van der Waals surface area contributed by atoms with E-state index in [1.165, 1.54) is 11.3 Å². The van der Waals surface area contributed by atoms with Crippen LogP contribution < -0.4 is 0 Å². The molecule has 1 N–H and O–H groups in total. The van der Waals surface area contributed by atoms with Crippen molar-refractivity contribution in [1.29, 1.82) is 0 Å². The summed E-state index contributed by atoms with van der Waals surface area (Å²) in [5, 5.41) is 16.9. The van der Waals surface area contributed by atoms with Gasteiger partial charge in [0.2, 0.25) is 11.8 Å². The van der Waals surface area contributed by atoms with Crippen LogP contribution in [0.5, 0.6) is 0 Å². The molecule has 0 aliphatic heterocycles. The summed E-state index contributed by atoms with van der Waals surface area (Å²) in [6.07, 6.45) is 1.52. The molecule has 3 aromatic heterocycles. The number of fused-ring (bicyclic) bond motifs is 1. The Morgan fingerprint density at radius 2 is 1.81 bits per heavy atom. The van der Waals surface area contributed by atoms with Crippen LogP contribution in [0.3, 0.4) is 0 Å². The fourth-order valence-corrected chi connectivity index (χ4v) is 4.32. The first-order valence-corrected chi connectivity index (χ1v) is 10.5. The maximum absolute atomic E-state index is 15.3. The summed E-state index contributed by atoms with van der Waals surface area (Å²) >= 11 is 1.20. The topological polar surface area (TPSA) is 102 Å². The summed E-state index contributed by atoms with van der Waals surface area (Å²) in [7, 11) is 0. The largest absolute Gasteiger partial charge is 0.481 e. The Bertz CT molecular complexity index is 1410. The minimum Gasteiger partial charge on any atom is -0.481 e. The molecule has 0 saturated carbocycles. The normalized spacial score (nSPS) is 11.2. The molecule has 0 aliphatic carbocycles. The molecule has 0 saturated heterocycles. The van der Waals surface area contributed by atoms with Gasteiger partial charge in [-0.05, 0) is 18.2 Å². The van der Waals surface area contributed by atoms with E-state index in [4.69, 9.17) is 9.52 Å². The van der Waals surface area contributed by atoms with Gasteiger partial charge in [0.05, 0.1) is 22.3 Å². The Morgan fingerprint density at radius 3 is 2.56 bits per heavy atom. The molecule has 5 rings (SSSR count). The predicted octanol–water partition coefficient (Wildman–Crippen LogP) is 4.77. The first-order valence-electron chi connectivity index (χ1n) is 9.69. The van der Waals surface area contributed by atoms with Crippen molar-refractivity contribution >= 4 is 27.5 Å². The Morgan fingerprint density at radius 1 is 1.00 bits per heavy atom. The zero-order valence-corrected chi connectivity index (χ0v) is 17.3. The lowest BCUT2D eigenvalue weighted by atomic mass is 10.0. The van der Waals surface area contributed by atoms with Gasteiger partial charge in [0.15, 0.2) is 5.82 Å². The van der Waals surface area contributed by atoms with E-state index in [0.29, 0.717) is 26.4 Å². The van der Waals surface area contributed by atoms with E-state index in [-0.39, 0.29) is 30.4 Å². The average molecular weight is 446 g/mol. The summed E-state index contributed by atoms with van der Waals surface area (Å²) in [6, 6.07) is 17.0. The molecule has 0 aliphatic rings. The van der Waals surface area contributed by atoms with Crippen molar-refractivity contribution in [2.75, 3.05) is 0 Å². The summed E-state index contributed by atoms with van der Waals surface area (Å²) in [5.41, 5.74) is 3.47. The standard InChI is InChI=1S/C23H15FN4O3S/c24-22-15(14-6-8-16(25-12-14)13-4-2-1-3-5-13)7-9-17-23(22)32-20(26-17)10-18-27-28-19(31-18)11-21(29)30/h1-9,12H,10-11H2,(H,29,30). The van der Waals surface area contributed by atoms with Crippen LogP contribution in [0.4, 0.5) is 4.39 Å². The highest BCUT2D eigenvalue weighted by atomic mass is 32.1. The number of thiazole rings is 1. The average Bonchev–Trinajstić information content (AvgIpc) is 3.41. The molecule has 32 heavy (non-hydrogen) atoms. The molecule has 9 heteroatoms. The number of carbonyl (C=O) groups is 1. The van der Waals surface area contributed by atoms with Crippen LogP contribution >= 0.6 is 11.3 Å². The minimum atomic E-state index is -1.05. The van der Waals surface area contributed by atoms with E-state index in [9.17, 15) is 4.79 Å². The maximum atomic E-state index is 15.3. The molecule has 0 fully saturated rings. The van der Waals surface area contributed by atoms with Gasteiger partial charge in [0.1, 0.15) is 11.4 Å². The molecule has 158 valence electrons. The first-order chi connectivity index (χ1) is 15.6. The summed E-state index contributed by atoms with van der Waals surface area (Å²) in [5.74, 6) is -1.16. The van der Waals surface area contributed by atoms with Gasteiger partial charge in [-0.2, -0.15) is 0 Å². The van der Waals surface area contributed by atoms with Gasteiger partial charge in [-0.3, -0.25) is 9.78 Å². The SMILES string of the molecule is O=C(O)Cc1nnc(Cc2nc3ccc(-c4ccc(-c5ccccc5)nc4)c(F)c3s2)o1. The van der Waals surface area contributed by atoms with E-state index >= 15 is 4.39 Å². The fourth-order valence-electron chi connectivity index (χ4n) is 3.33. The first kappa shape index (κ1) is 20.0. The monoisotopic (exact) mass is 446 g/mol. The van der Waals surface area contributed by atoms with Crippen LogP contribution in [0.15, 0.2) is 65.2 Å². The molecule has 0 atom stereocenters. The lowest BCUT2D eigenvalue weighted by Crippen LogP contribution is -1.99. The number of benzene rings is 2. The van der Waals surface area contributed by atoms with E-state index in [2.05, 4.69) is 20.2 Å². The molecular weight excluding hydrogens is 431 g/mol. The second-order valence-corrected chi connectivity index (χ2v) is 8.10. The highest BCUT2D eigenvalue weighted by molar-refractivity contribution is 7.18. The van der Waals surface area contributed by atoms with Gasteiger partial charge >= 0.3 is 5.97 Å².